The van der Waals surface area contributed by atoms with Gasteiger partial charge in [0, 0.05) is 25.2 Å². The van der Waals surface area contributed by atoms with Gasteiger partial charge < -0.3 is 4.74 Å². The Morgan fingerprint density at radius 3 is 2.11 bits per heavy atom. The standard InChI is InChI=1S/C19H20F3NO3S/c20-19(21,22)16-6-8-17(9-7-16)27(24,25)23-14-18(10-12-26-13-11-18)15-4-2-1-3-5-15/h1-9,23H,10-14H2. The molecule has 0 aromatic heterocycles. The molecule has 2 aromatic rings. The van der Waals surface area contributed by atoms with Gasteiger partial charge in [-0.05, 0) is 42.7 Å². The summed E-state index contributed by atoms with van der Waals surface area (Å²) >= 11 is 0. The summed E-state index contributed by atoms with van der Waals surface area (Å²) in [7, 11) is -3.93. The second-order valence-corrected chi connectivity index (χ2v) is 8.37. The molecule has 2 aromatic carbocycles. The van der Waals surface area contributed by atoms with Crippen molar-refractivity contribution < 1.29 is 26.3 Å². The van der Waals surface area contributed by atoms with Crippen LogP contribution in [0.4, 0.5) is 13.2 Å². The van der Waals surface area contributed by atoms with Gasteiger partial charge in [0.05, 0.1) is 10.5 Å². The molecular weight excluding hydrogens is 379 g/mol. The van der Waals surface area contributed by atoms with Gasteiger partial charge in [0.1, 0.15) is 0 Å². The molecule has 0 amide bonds. The Labute approximate surface area is 156 Å². The van der Waals surface area contributed by atoms with Crippen LogP contribution < -0.4 is 4.72 Å². The lowest BCUT2D eigenvalue weighted by Crippen LogP contribution is -2.44. The second-order valence-electron chi connectivity index (χ2n) is 6.61. The normalized spacial score (nSPS) is 17.6. The first-order valence-corrected chi connectivity index (χ1v) is 10.0. The molecule has 0 saturated carbocycles. The van der Waals surface area contributed by atoms with Crippen LogP contribution in [0.5, 0.6) is 0 Å². The molecule has 1 aliphatic heterocycles. The summed E-state index contributed by atoms with van der Waals surface area (Å²) in [6.07, 6.45) is -3.19. The topological polar surface area (TPSA) is 55.4 Å². The van der Waals surface area contributed by atoms with Gasteiger partial charge in [0.15, 0.2) is 0 Å². The minimum atomic E-state index is -4.50. The van der Waals surface area contributed by atoms with Gasteiger partial charge in [-0.3, -0.25) is 0 Å². The summed E-state index contributed by atoms with van der Waals surface area (Å²) in [5.74, 6) is 0. The molecule has 0 unspecified atom stereocenters. The molecule has 0 bridgehead atoms. The molecule has 4 nitrogen and oxygen atoms in total. The van der Waals surface area contributed by atoms with Crippen LogP contribution in [-0.4, -0.2) is 28.2 Å². The number of rotatable bonds is 5. The third kappa shape index (κ3) is 4.51. The molecule has 27 heavy (non-hydrogen) atoms. The first-order chi connectivity index (χ1) is 12.7. The van der Waals surface area contributed by atoms with E-state index in [-0.39, 0.29) is 11.4 Å². The lowest BCUT2D eigenvalue weighted by atomic mass is 9.74. The maximum absolute atomic E-state index is 12.7. The number of hydrogen-bond acceptors (Lipinski definition) is 3. The Bertz CT molecular complexity index is 859. The molecule has 8 heteroatoms. The Morgan fingerprint density at radius 1 is 0.963 bits per heavy atom. The molecule has 0 aliphatic carbocycles. The highest BCUT2D eigenvalue weighted by Gasteiger charge is 2.36. The third-order valence-electron chi connectivity index (χ3n) is 4.93. The van der Waals surface area contributed by atoms with E-state index in [2.05, 4.69) is 4.72 Å². The summed E-state index contributed by atoms with van der Waals surface area (Å²) in [4.78, 5) is -0.189. The second kappa shape index (κ2) is 7.61. The van der Waals surface area contributed by atoms with Crippen molar-refractivity contribution in [2.45, 2.75) is 29.3 Å². The van der Waals surface area contributed by atoms with E-state index in [0.717, 1.165) is 29.8 Å². The van der Waals surface area contributed by atoms with Crippen molar-refractivity contribution in [3.05, 3.63) is 65.7 Å². The Balaban J connectivity index is 1.80. The molecule has 0 radical (unpaired) electrons. The quantitative estimate of drug-likeness (QED) is 0.834. The summed E-state index contributed by atoms with van der Waals surface area (Å²) in [6, 6.07) is 13.1. The maximum Gasteiger partial charge on any atom is 0.416 e. The van der Waals surface area contributed by atoms with Crippen LogP contribution in [0.2, 0.25) is 0 Å². The van der Waals surface area contributed by atoms with E-state index in [1.54, 1.807) is 0 Å². The van der Waals surface area contributed by atoms with Gasteiger partial charge >= 0.3 is 6.18 Å². The van der Waals surface area contributed by atoms with E-state index in [0.29, 0.717) is 26.1 Å². The molecular formula is C19H20F3NO3S. The highest BCUT2D eigenvalue weighted by Crippen LogP contribution is 2.35. The summed E-state index contributed by atoms with van der Waals surface area (Å²) in [5, 5.41) is 0. The largest absolute Gasteiger partial charge is 0.416 e. The fourth-order valence-electron chi connectivity index (χ4n) is 3.26. The number of alkyl halides is 3. The minimum absolute atomic E-state index is 0.156. The highest BCUT2D eigenvalue weighted by molar-refractivity contribution is 7.89. The third-order valence-corrected chi connectivity index (χ3v) is 6.35. The van der Waals surface area contributed by atoms with Crippen LogP contribution >= 0.6 is 0 Å². The van der Waals surface area contributed by atoms with Crippen molar-refractivity contribution in [2.24, 2.45) is 0 Å². The van der Waals surface area contributed by atoms with Crippen molar-refractivity contribution >= 4 is 10.0 Å². The van der Waals surface area contributed by atoms with Gasteiger partial charge in [0.25, 0.3) is 0 Å². The van der Waals surface area contributed by atoms with Crippen molar-refractivity contribution in [3.63, 3.8) is 0 Å². The number of sulfonamides is 1. The average Bonchev–Trinajstić information content (AvgIpc) is 2.67. The van der Waals surface area contributed by atoms with Crippen LogP contribution in [-0.2, 0) is 26.4 Å². The Kier molecular flexibility index (Phi) is 5.60. The maximum atomic E-state index is 12.7. The van der Waals surface area contributed by atoms with E-state index in [4.69, 9.17) is 4.74 Å². The number of ether oxygens (including phenoxy) is 1. The monoisotopic (exact) mass is 399 g/mol. The number of benzene rings is 2. The van der Waals surface area contributed by atoms with Crippen LogP contribution in [0.1, 0.15) is 24.0 Å². The first kappa shape index (κ1) is 19.9. The summed E-state index contributed by atoms with van der Waals surface area (Å²) < 4.78 is 71.2. The molecule has 1 saturated heterocycles. The molecule has 0 atom stereocenters. The zero-order valence-corrected chi connectivity index (χ0v) is 15.3. The summed E-state index contributed by atoms with van der Waals surface area (Å²) in [5.41, 5.74) is -0.270. The van der Waals surface area contributed by atoms with Crippen LogP contribution in [0, 0.1) is 0 Å². The van der Waals surface area contributed by atoms with Crippen molar-refractivity contribution in [2.75, 3.05) is 19.8 Å². The zero-order chi connectivity index (χ0) is 19.5. The van der Waals surface area contributed by atoms with E-state index in [1.165, 1.54) is 0 Å². The number of hydrogen-bond donors (Lipinski definition) is 1. The van der Waals surface area contributed by atoms with E-state index < -0.39 is 27.2 Å². The molecule has 1 aliphatic rings. The van der Waals surface area contributed by atoms with Crippen LogP contribution in [0.25, 0.3) is 0 Å². The fraction of sp³-hybridized carbons (Fsp3) is 0.368. The predicted molar refractivity (Wildman–Crippen MR) is 94.8 cm³/mol. The minimum Gasteiger partial charge on any atom is -0.381 e. The molecule has 0 spiro atoms. The smallest absolute Gasteiger partial charge is 0.381 e. The van der Waals surface area contributed by atoms with Crippen LogP contribution in [0.3, 0.4) is 0 Å². The molecule has 146 valence electrons. The van der Waals surface area contributed by atoms with E-state index in [1.807, 2.05) is 30.3 Å². The average molecular weight is 399 g/mol. The van der Waals surface area contributed by atoms with E-state index >= 15 is 0 Å². The van der Waals surface area contributed by atoms with Gasteiger partial charge in [-0.25, -0.2) is 13.1 Å². The van der Waals surface area contributed by atoms with Gasteiger partial charge in [-0.1, -0.05) is 30.3 Å². The number of nitrogens with one attached hydrogen (secondary N) is 1. The first-order valence-electron chi connectivity index (χ1n) is 8.53. The molecule has 3 rings (SSSR count). The van der Waals surface area contributed by atoms with Gasteiger partial charge in [-0.15, -0.1) is 0 Å². The predicted octanol–water partition coefficient (Wildman–Crippen LogP) is 3.73. The number of halogens is 3. The SMILES string of the molecule is O=S(=O)(NCC1(c2ccccc2)CCOCC1)c1ccc(C(F)(F)F)cc1. The Morgan fingerprint density at radius 2 is 1.56 bits per heavy atom. The Hall–Kier alpha value is -1.90. The van der Waals surface area contributed by atoms with Crippen molar-refractivity contribution in [3.8, 4) is 0 Å². The molecule has 1 N–H and O–H groups in total. The lowest BCUT2D eigenvalue weighted by molar-refractivity contribution is -0.137. The molecule has 1 fully saturated rings. The van der Waals surface area contributed by atoms with Crippen molar-refractivity contribution in [1.82, 2.24) is 4.72 Å². The van der Waals surface area contributed by atoms with Crippen molar-refractivity contribution in [1.29, 1.82) is 0 Å². The van der Waals surface area contributed by atoms with Crippen LogP contribution in [0.15, 0.2) is 59.5 Å². The van der Waals surface area contributed by atoms with Gasteiger partial charge in [-0.2, -0.15) is 13.2 Å². The summed E-state index contributed by atoms with van der Waals surface area (Å²) in [6.45, 7) is 1.21. The molecule has 1 heterocycles. The fourth-order valence-corrected chi connectivity index (χ4v) is 4.39. The van der Waals surface area contributed by atoms with Gasteiger partial charge in [0.2, 0.25) is 10.0 Å². The van der Waals surface area contributed by atoms with E-state index in [9.17, 15) is 21.6 Å². The highest BCUT2D eigenvalue weighted by atomic mass is 32.2. The lowest BCUT2D eigenvalue weighted by Gasteiger charge is -2.37. The zero-order valence-electron chi connectivity index (χ0n) is 14.5.